The lowest BCUT2D eigenvalue weighted by molar-refractivity contribution is 0.256. The Bertz CT molecular complexity index is 1430. The molecule has 1 aliphatic rings. The third kappa shape index (κ3) is 3.23. The Morgan fingerprint density at radius 3 is 2.78 bits per heavy atom. The number of nitrogens with one attached hydrogen (secondary N) is 2. The molecule has 1 saturated heterocycles. The van der Waals surface area contributed by atoms with E-state index in [1.165, 1.54) is 17.8 Å². The van der Waals surface area contributed by atoms with E-state index in [9.17, 15) is 4.39 Å². The lowest BCUT2D eigenvalue weighted by Crippen LogP contribution is -2.29. The van der Waals surface area contributed by atoms with Crippen LogP contribution in [0.5, 0.6) is 0 Å². The van der Waals surface area contributed by atoms with E-state index >= 15 is 0 Å². The first-order valence-corrected chi connectivity index (χ1v) is 10.8. The molecule has 2 N–H and O–H groups in total. The number of likely N-dealkylation sites (tertiary alicyclic amines) is 1. The molecule has 1 aliphatic heterocycles. The quantitative estimate of drug-likeness (QED) is 0.442. The largest absolute Gasteiger partial charge is 0.337 e. The van der Waals surface area contributed by atoms with Crippen molar-refractivity contribution in [2.24, 2.45) is 0 Å². The zero-order chi connectivity index (χ0) is 21.7. The third-order valence-electron chi connectivity index (χ3n) is 6.37. The highest BCUT2D eigenvalue weighted by atomic mass is 19.1. The van der Waals surface area contributed by atoms with Gasteiger partial charge in [0.2, 0.25) is 0 Å². The van der Waals surface area contributed by atoms with E-state index < -0.39 is 5.82 Å². The molecule has 6 rings (SSSR count). The van der Waals surface area contributed by atoms with Crippen LogP contribution in [0.1, 0.15) is 24.3 Å². The monoisotopic (exact) mass is 427 g/mol. The Morgan fingerprint density at radius 2 is 1.94 bits per heavy atom. The van der Waals surface area contributed by atoms with E-state index in [4.69, 9.17) is 4.98 Å². The molecular formula is C24H22FN7. The fourth-order valence-electron chi connectivity index (χ4n) is 4.62. The van der Waals surface area contributed by atoms with Crippen LogP contribution in [0.3, 0.4) is 0 Å². The van der Waals surface area contributed by atoms with E-state index in [1.54, 1.807) is 12.4 Å². The highest BCUT2D eigenvalue weighted by molar-refractivity contribution is 5.95. The van der Waals surface area contributed by atoms with E-state index in [0.717, 1.165) is 53.6 Å². The number of imidazole rings is 1. The molecule has 0 atom stereocenters. The number of halogens is 1. The summed E-state index contributed by atoms with van der Waals surface area (Å²) < 4.78 is 13.7. The third-order valence-corrected chi connectivity index (χ3v) is 6.37. The standard InChI is InChI=1S/C24H22FN7/c1-32-7-5-14(6-8-32)17-3-2-4-19-22(17)29-24(28-19)23-18-10-20(27-13-21(18)30-31-23)15-9-16(25)12-26-11-15/h2-4,9-14H,5-8H2,1H3,(H,28,29)(H,30,31). The Hall–Kier alpha value is -3.65. The molecule has 1 aromatic carbocycles. The van der Waals surface area contributed by atoms with Crippen LogP contribution < -0.4 is 0 Å². The van der Waals surface area contributed by atoms with Gasteiger partial charge in [0.05, 0.1) is 34.6 Å². The first kappa shape index (κ1) is 19.1. The number of para-hydroxylation sites is 1. The second-order valence-electron chi connectivity index (χ2n) is 8.49. The highest BCUT2D eigenvalue weighted by Gasteiger charge is 2.22. The molecule has 0 spiro atoms. The molecule has 5 heterocycles. The molecule has 0 unspecified atom stereocenters. The minimum atomic E-state index is -0.393. The summed E-state index contributed by atoms with van der Waals surface area (Å²) in [6, 6.07) is 9.68. The van der Waals surface area contributed by atoms with Crippen LogP contribution in [0.4, 0.5) is 4.39 Å². The van der Waals surface area contributed by atoms with Crippen molar-refractivity contribution >= 4 is 21.9 Å². The van der Waals surface area contributed by atoms with Crippen molar-refractivity contribution in [1.82, 2.24) is 35.0 Å². The molecule has 5 aromatic rings. The second kappa shape index (κ2) is 7.49. The minimum absolute atomic E-state index is 0.393. The number of H-pyrrole nitrogens is 2. The molecule has 0 bridgehead atoms. The summed E-state index contributed by atoms with van der Waals surface area (Å²) >= 11 is 0. The predicted molar refractivity (Wildman–Crippen MR) is 122 cm³/mol. The van der Waals surface area contributed by atoms with Gasteiger partial charge >= 0.3 is 0 Å². The molecule has 1 fully saturated rings. The summed E-state index contributed by atoms with van der Waals surface area (Å²) in [5.41, 5.74) is 6.09. The SMILES string of the molecule is CN1CCC(c2cccc3[nH]c(-c4n[nH]c5cnc(-c6cncc(F)c6)cc45)nc23)CC1. The van der Waals surface area contributed by atoms with Gasteiger partial charge in [-0.15, -0.1) is 0 Å². The van der Waals surface area contributed by atoms with E-state index in [0.29, 0.717) is 23.0 Å². The predicted octanol–water partition coefficient (Wildman–Crippen LogP) is 4.51. The zero-order valence-electron chi connectivity index (χ0n) is 17.6. The van der Waals surface area contributed by atoms with Gasteiger partial charge in [-0.2, -0.15) is 5.10 Å². The van der Waals surface area contributed by atoms with Crippen molar-refractivity contribution < 1.29 is 4.39 Å². The number of rotatable bonds is 3. The molecule has 32 heavy (non-hydrogen) atoms. The maximum atomic E-state index is 13.7. The van der Waals surface area contributed by atoms with Crippen molar-refractivity contribution in [3.8, 4) is 22.8 Å². The maximum absolute atomic E-state index is 13.7. The minimum Gasteiger partial charge on any atom is -0.337 e. The number of hydrogen-bond donors (Lipinski definition) is 2. The summed E-state index contributed by atoms with van der Waals surface area (Å²) in [5.74, 6) is 0.829. The number of fused-ring (bicyclic) bond motifs is 2. The highest BCUT2D eigenvalue weighted by Crippen LogP contribution is 2.34. The van der Waals surface area contributed by atoms with Crippen molar-refractivity contribution in [2.75, 3.05) is 20.1 Å². The van der Waals surface area contributed by atoms with Gasteiger partial charge in [-0.05, 0) is 62.7 Å². The molecule has 4 aromatic heterocycles. The molecule has 0 saturated carbocycles. The average Bonchev–Trinajstić information content (AvgIpc) is 3.43. The van der Waals surface area contributed by atoms with Crippen LogP contribution >= 0.6 is 0 Å². The summed E-state index contributed by atoms with van der Waals surface area (Å²) in [7, 11) is 2.18. The smallest absolute Gasteiger partial charge is 0.159 e. The molecule has 160 valence electrons. The van der Waals surface area contributed by atoms with Gasteiger partial charge in [0, 0.05) is 17.1 Å². The normalized spacial score (nSPS) is 15.7. The maximum Gasteiger partial charge on any atom is 0.159 e. The second-order valence-corrected chi connectivity index (χ2v) is 8.49. The van der Waals surface area contributed by atoms with Crippen LogP contribution in [0.2, 0.25) is 0 Å². The number of piperidine rings is 1. The van der Waals surface area contributed by atoms with E-state index in [2.05, 4.69) is 55.3 Å². The zero-order valence-corrected chi connectivity index (χ0v) is 17.6. The van der Waals surface area contributed by atoms with Gasteiger partial charge in [0.15, 0.2) is 5.82 Å². The number of aromatic amines is 2. The van der Waals surface area contributed by atoms with Gasteiger partial charge in [-0.25, -0.2) is 9.37 Å². The average molecular weight is 427 g/mol. The van der Waals surface area contributed by atoms with Crippen molar-refractivity contribution in [1.29, 1.82) is 0 Å². The summed E-state index contributed by atoms with van der Waals surface area (Å²) in [6.45, 7) is 2.21. The van der Waals surface area contributed by atoms with Gasteiger partial charge in [-0.3, -0.25) is 15.1 Å². The van der Waals surface area contributed by atoms with Crippen LogP contribution in [0.15, 0.2) is 48.9 Å². The molecule has 0 radical (unpaired) electrons. The number of benzene rings is 1. The molecule has 7 nitrogen and oxygen atoms in total. The summed E-state index contributed by atoms with van der Waals surface area (Å²) in [5, 5.41) is 8.42. The summed E-state index contributed by atoms with van der Waals surface area (Å²) in [6.07, 6.45) is 6.77. The molecular weight excluding hydrogens is 405 g/mol. The first-order valence-electron chi connectivity index (χ1n) is 10.8. The van der Waals surface area contributed by atoms with Crippen LogP contribution in [-0.4, -0.2) is 55.2 Å². The van der Waals surface area contributed by atoms with Crippen molar-refractivity contribution in [3.05, 3.63) is 60.3 Å². The Balaban J connectivity index is 1.44. The van der Waals surface area contributed by atoms with Crippen LogP contribution in [0, 0.1) is 5.82 Å². The number of hydrogen-bond acceptors (Lipinski definition) is 5. The Labute approximate surface area is 183 Å². The van der Waals surface area contributed by atoms with E-state index in [-0.39, 0.29) is 0 Å². The van der Waals surface area contributed by atoms with Gasteiger partial charge in [0.1, 0.15) is 11.5 Å². The van der Waals surface area contributed by atoms with Crippen molar-refractivity contribution in [3.63, 3.8) is 0 Å². The molecule has 0 aliphatic carbocycles. The first-order chi connectivity index (χ1) is 15.7. The van der Waals surface area contributed by atoms with Gasteiger partial charge in [0.25, 0.3) is 0 Å². The fourth-order valence-corrected chi connectivity index (χ4v) is 4.62. The Kier molecular flexibility index (Phi) is 4.46. The molecule has 0 amide bonds. The number of aromatic nitrogens is 6. The topological polar surface area (TPSA) is 86.4 Å². The summed E-state index contributed by atoms with van der Waals surface area (Å²) in [4.78, 5) is 19.2. The lowest BCUT2D eigenvalue weighted by Gasteiger charge is -2.29. The lowest BCUT2D eigenvalue weighted by atomic mass is 9.89. The number of nitrogens with zero attached hydrogens (tertiary/aromatic N) is 5. The van der Waals surface area contributed by atoms with Gasteiger partial charge in [-0.1, -0.05) is 12.1 Å². The van der Waals surface area contributed by atoms with Crippen molar-refractivity contribution in [2.45, 2.75) is 18.8 Å². The Morgan fingerprint density at radius 1 is 1.06 bits per heavy atom. The molecule has 8 heteroatoms. The van der Waals surface area contributed by atoms with E-state index in [1.807, 2.05) is 6.07 Å². The number of pyridine rings is 2. The fraction of sp³-hybridized carbons (Fsp3) is 0.250. The van der Waals surface area contributed by atoms with Crippen LogP contribution in [-0.2, 0) is 0 Å². The van der Waals surface area contributed by atoms with Crippen LogP contribution in [0.25, 0.3) is 44.7 Å². The van der Waals surface area contributed by atoms with Gasteiger partial charge < -0.3 is 9.88 Å².